The van der Waals surface area contributed by atoms with Gasteiger partial charge in [0.2, 0.25) is 0 Å². The lowest BCUT2D eigenvalue weighted by atomic mass is 9.99. The Labute approximate surface area is 159 Å². The van der Waals surface area contributed by atoms with Gasteiger partial charge in [0.05, 0.1) is 33.0 Å². The van der Waals surface area contributed by atoms with Crippen molar-refractivity contribution in [3.05, 3.63) is 66.2 Å². The van der Waals surface area contributed by atoms with Gasteiger partial charge in [-0.1, -0.05) is 85.9 Å². The molecule has 4 atom stereocenters. The van der Waals surface area contributed by atoms with Crippen molar-refractivity contribution >= 4 is 13.3 Å². The molecule has 1 fully saturated rings. The highest BCUT2D eigenvalue weighted by molar-refractivity contribution is 6.89. The fourth-order valence-corrected chi connectivity index (χ4v) is 6.87. The zero-order valence-electron chi connectivity index (χ0n) is 16.5. The Morgan fingerprint density at radius 1 is 1.04 bits per heavy atom. The summed E-state index contributed by atoms with van der Waals surface area (Å²) in [5, 5.41) is 1.52. The number of benzene rings is 2. The average molecular weight is 369 g/mol. The molecule has 3 heteroatoms. The van der Waals surface area contributed by atoms with Gasteiger partial charge in [-0.05, 0) is 30.9 Å². The van der Waals surface area contributed by atoms with Crippen LogP contribution >= 0.6 is 0 Å². The van der Waals surface area contributed by atoms with E-state index in [1.54, 1.807) is 0 Å². The van der Waals surface area contributed by atoms with Crippen molar-refractivity contribution in [1.29, 1.82) is 0 Å². The zero-order valence-corrected chi connectivity index (χ0v) is 17.5. The maximum Gasteiger partial charge on any atom is 0.0864 e. The summed E-state index contributed by atoms with van der Waals surface area (Å²) in [7, 11) is -1.48. The molecule has 0 saturated carbocycles. The molecule has 26 heavy (non-hydrogen) atoms. The van der Waals surface area contributed by atoms with E-state index in [0.29, 0.717) is 18.6 Å². The predicted octanol–water partition coefficient (Wildman–Crippen LogP) is 5.00. The lowest BCUT2D eigenvalue weighted by Crippen LogP contribution is -2.44. The molecule has 1 aliphatic heterocycles. The van der Waals surface area contributed by atoms with Gasteiger partial charge in [0.1, 0.15) is 0 Å². The lowest BCUT2D eigenvalue weighted by Gasteiger charge is -2.27. The average Bonchev–Trinajstić information content (AvgIpc) is 3.01. The molecule has 1 heterocycles. The largest absolute Gasteiger partial charge is 0.372 e. The molecule has 0 radical (unpaired) electrons. The van der Waals surface area contributed by atoms with Crippen molar-refractivity contribution in [2.75, 3.05) is 0 Å². The van der Waals surface area contributed by atoms with Gasteiger partial charge in [0.15, 0.2) is 0 Å². The van der Waals surface area contributed by atoms with Crippen LogP contribution < -0.4 is 5.19 Å². The predicted molar refractivity (Wildman–Crippen MR) is 112 cm³/mol. The maximum absolute atomic E-state index is 6.49. The van der Waals surface area contributed by atoms with E-state index in [4.69, 9.17) is 9.47 Å². The molecule has 1 unspecified atom stereocenters. The molecule has 3 rings (SSSR count). The molecule has 0 amide bonds. The van der Waals surface area contributed by atoms with Crippen LogP contribution in [-0.2, 0) is 16.1 Å². The molecular formula is C23H32O2Si. The van der Waals surface area contributed by atoms with Crippen molar-refractivity contribution < 1.29 is 9.47 Å². The molecule has 2 aromatic rings. The first-order valence-electron chi connectivity index (χ1n) is 9.82. The highest BCUT2D eigenvalue weighted by atomic mass is 28.3. The van der Waals surface area contributed by atoms with Crippen molar-refractivity contribution in [1.82, 2.24) is 0 Å². The quantitative estimate of drug-likeness (QED) is 0.640. The summed E-state index contributed by atoms with van der Waals surface area (Å²) in [6.45, 7) is 10.0. The monoisotopic (exact) mass is 368 g/mol. The van der Waals surface area contributed by atoms with Gasteiger partial charge in [0.25, 0.3) is 0 Å². The molecule has 0 bridgehead atoms. The topological polar surface area (TPSA) is 18.5 Å². The summed E-state index contributed by atoms with van der Waals surface area (Å²) >= 11 is 0. The van der Waals surface area contributed by atoms with Crippen LogP contribution in [0.2, 0.25) is 19.1 Å². The molecule has 2 nitrogen and oxygen atoms in total. The minimum Gasteiger partial charge on any atom is -0.372 e. The van der Waals surface area contributed by atoms with Crippen molar-refractivity contribution in [3.63, 3.8) is 0 Å². The van der Waals surface area contributed by atoms with Gasteiger partial charge in [-0.3, -0.25) is 0 Å². The van der Waals surface area contributed by atoms with Gasteiger partial charge >= 0.3 is 0 Å². The second-order valence-corrected chi connectivity index (χ2v) is 13.1. The van der Waals surface area contributed by atoms with Crippen LogP contribution in [-0.4, -0.2) is 26.4 Å². The Hall–Kier alpha value is -1.42. The van der Waals surface area contributed by atoms with Gasteiger partial charge in [-0.2, -0.15) is 0 Å². The molecule has 0 spiro atoms. The Balaban J connectivity index is 1.55. The number of rotatable bonds is 7. The molecule has 2 aromatic carbocycles. The Morgan fingerprint density at radius 3 is 2.31 bits per heavy atom. The first-order valence-corrected chi connectivity index (χ1v) is 13.0. The molecule has 1 aliphatic rings. The summed E-state index contributed by atoms with van der Waals surface area (Å²) in [5.74, 6) is 0.548. The van der Waals surface area contributed by atoms with E-state index >= 15 is 0 Å². The van der Waals surface area contributed by atoms with E-state index in [0.717, 1.165) is 6.42 Å². The van der Waals surface area contributed by atoms with Crippen LogP contribution in [0.4, 0.5) is 0 Å². The fourth-order valence-electron chi connectivity index (χ4n) is 4.14. The summed E-state index contributed by atoms with van der Waals surface area (Å²) < 4.78 is 12.6. The van der Waals surface area contributed by atoms with Crippen LogP contribution in [0.25, 0.3) is 0 Å². The first-order chi connectivity index (χ1) is 12.5. The minimum absolute atomic E-state index is 0.122. The van der Waals surface area contributed by atoms with Crippen LogP contribution in [0.3, 0.4) is 0 Å². The van der Waals surface area contributed by atoms with Crippen molar-refractivity contribution in [3.8, 4) is 0 Å². The van der Waals surface area contributed by atoms with E-state index in [-0.39, 0.29) is 12.2 Å². The Morgan fingerprint density at radius 2 is 1.65 bits per heavy atom. The van der Waals surface area contributed by atoms with Gasteiger partial charge < -0.3 is 9.47 Å². The van der Waals surface area contributed by atoms with Crippen molar-refractivity contribution in [2.45, 2.75) is 64.3 Å². The number of ether oxygens (including phenoxy) is 2. The molecule has 0 aliphatic carbocycles. The fraction of sp³-hybridized carbons (Fsp3) is 0.478. The lowest BCUT2D eigenvalue weighted by molar-refractivity contribution is -0.0729. The Kier molecular flexibility index (Phi) is 6.33. The molecular weight excluding hydrogens is 336 g/mol. The third-order valence-electron chi connectivity index (χ3n) is 5.66. The minimum atomic E-state index is -1.48. The highest BCUT2D eigenvalue weighted by Gasteiger charge is 2.39. The smallest absolute Gasteiger partial charge is 0.0864 e. The second kappa shape index (κ2) is 8.51. The van der Waals surface area contributed by atoms with E-state index in [2.05, 4.69) is 81.5 Å². The van der Waals surface area contributed by atoms with Crippen molar-refractivity contribution in [2.24, 2.45) is 5.92 Å². The molecule has 140 valence electrons. The van der Waals surface area contributed by atoms with Crippen LogP contribution in [0.15, 0.2) is 60.7 Å². The SMILES string of the molecule is CC(OCc1ccccc1)[C@H]1O[C@@H](C[Si](C)(C)c2ccccc2)C[C@@H]1C. The Bertz CT molecular complexity index is 671. The van der Waals surface area contributed by atoms with Gasteiger partial charge in [-0.25, -0.2) is 0 Å². The normalized spacial score (nSPS) is 24.5. The number of hydrogen-bond acceptors (Lipinski definition) is 2. The van der Waals surface area contributed by atoms with Gasteiger partial charge in [0, 0.05) is 0 Å². The maximum atomic E-state index is 6.49. The summed E-state index contributed by atoms with van der Waals surface area (Å²) in [6.07, 6.45) is 1.83. The third-order valence-corrected chi connectivity index (χ3v) is 9.03. The third kappa shape index (κ3) is 4.85. The standard InChI is InChI=1S/C23H32O2Si/c1-18-15-21(17-26(3,4)22-13-9-6-10-14-22)25-23(18)19(2)24-16-20-11-7-5-8-12-20/h5-14,18-19,21,23H,15-17H2,1-4H3/t18-,19?,21+,23-/m0/s1. The van der Waals surface area contributed by atoms with E-state index < -0.39 is 8.07 Å². The summed E-state index contributed by atoms with van der Waals surface area (Å²) in [6, 6.07) is 22.6. The van der Waals surface area contributed by atoms with Crippen LogP contribution in [0, 0.1) is 5.92 Å². The number of hydrogen-bond donors (Lipinski definition) is 0. The summed E-state index contributed by atoms with van der Waals surface area (Å²) in [5.41, 5.74) is 1.22. The van der Waals surface area contributed by atoms with E-state index in [1.807, 2.05) is 6.07 Å². The van der Waals surface area contributed by atoms with Crippen LogP contribution in [0.5, 0.6) is 0 Å². The zero-order chi connectivity index (χ0) is 18.6. The summed E-state index contributed by atoms with van der Waals surface area (Å²) in [4.78, 5) is 0. The van der Waals surface area contributed by atoms with E-state index in [1.165, 1.54) is 16.8 Å². The van der Waals surface area contributed by atoms with Gasteiger partial charge in [-0.15, -0.1) is 0 Å². The molecule has 0 aromatic heterocycles. The first kappa shape index (κ1) is 19.3. The molecule has 0 N–H and O–H groups in total. The second-order valence-electron chi connectivity index (χ2n) is 8.39. The van der Waals surface area contributed by atoms with E-state index in [9.17, 15) is 0 Å². The highest BCUT2D eigenvalue weighted by Crippen LogP contribution is 2.34. The van der Waals surface area contributed by atoms with Crippen LogP contribution in [0.1, 0.15) is 25.8 Å². The molecule has 1 saturated heterocycles.